The van der Waals surface area contributed by atoms with E-state index in [0.717, 1.165) is 6.42 Å². The van der Waals surface area contributed by atoms with E-state index in [-0.39, 0.29) is 17.6 Å². The monoisotopic (exact) mass is 280 g/mol. The molecule has 1 aliphatic heterocycles. The summed E-state index contributed by atoms with van der Waals surface area (Å²) in [4.78, 5) is 35.0. The van der Waals surface area contributed by atoms with Gasteiger partial charge in [0.25, 0.3) is 0 Å². The van der Waals surface area contributed by atoms with Gasteiger partial charge >= 0.3 is 11.9 Å². The van der Waals surface area contributed by atoms with Crippen LogP contribution in [-0.2, 0) is 28.6 Å². The number of Topliss-reactive ketones (excluding diaryl/α,β-unsaturated/α-hetero) is 1. The van der Waals surface area contributed by atoms with Gasteiger partial charge in [0.2, 0.25) is 6.29 Å². The first-order valence-corrected chi connectivity index (χ1v) is 6.85. The third-order valence-corrected chi connectivity index (χ3v) is 3.97. The fourth-order valence-electron chi connectivity index (χ4n) is 2.94. The molecule has 0 radical (unpaired) electrons. The van der Waals surface area contributed by atoms with Crippen LogP contribution in [0.25, 0.3) is 0 Å². The van der Waals surface area contributed by atoms with Gasteiger partial charge in [-0.05, 0) is 12.8 Å². The third kappa shape index (κ3) is 2.47. The van der Waals surface area contributed by atoms with E-state index in [2.05, 4.69) is 0 Å². The summed E-state index contributed by atoms with van der Waals surface area (Å²) < 4.78 is 15.1. The molecule has 20 heavy (non-hydrogen) atoms. The number of ether oxygens (including phenoxy) is 3. The van der Waals surface area contributed by atoms with Crippen LogP contribution < -0.4 is 0 Å². The Labute approximate surface area is 116 Å². The van der Waals surface area contributed by atoms with Crippen molar-refractivity contribution in [1.82, 2.24) is 0 Å². The molecule has 4 unspecified atom stereocenters. The minimum Gasteiger partial charge on any atom is -0.453 e. The molecule has 0 N–H and O–H groups in total. The van der Waals surface area contributed by atoms with Crippen LogP contribution in [0.2, 0.25) is 0 Å². The first-order chi connectivity index (χ1) is 9.65. The van der Waals surface area contributed by atoms with Crippen molar-refractivity contribution < 1.29 is 28.6 Å². The highest BCUT2D eigenvalue weighted by Gasteiger charge is 2.47. The van der Waals surface area contributed by atoms with Crippen molar-refractivity contribution in [2.24, 2.45) is 17.8 Å². The minimum atomic E-state index is -0.615. The highest BCUT2D eigenvalue weighted by molar-refractivity contribution is 5.97. The lowest BCUT2D eigenvalue weighted by Crippen LogP contribution is -2.27. The smallest absolute Gasteiger partial charge is 0.346 e. The molecule has 6 heteroatoms. The fraction of sp³-hybridized carbons (Fsp3) is 0.643. The maximum absolute atomic E-state index is 11.9. The van der Waals surface area contributed by atoms with Crippen molar-refractivity contribution in [1.29, 1.82) is 0 Å². The van der Waals surface area contributed by atoms with Crippen LogP contribution in [0.5, 0.6) is 0 Å². The number of rotatable bonds is 4. The molecule has 0 spiro atoms. The predicted molar refractivity (Wildman–Crippen MR) is 65.3 cm³/mol. The van der Waals surface area contributed by atoms with Gasteiger partial charge < -0.3 is 14.2 Å². The van der Waals surface area contributed by atoms with Gasteiger partial charge in [-0.2, -0.15) is 0 Å². The largest absolute Gasteiger partial charge is 0.453 e. The van der Waals surface area contributed by atoms with Gasteiger partial charge in [-0.1, -0.05) is 12.2 Å². The zero-order valence-corrected chi connectivity index (χ0v) is 10.9. The summed E-state index contributed by atoms with van der Waals surface area (Å²) in [7, 11) is 0. The first-order valence-electron chi connectivity index (χ1n) is 6.85. The molecule has 0 aromatic rings. The predicted octanol–water partition coefficient (Wildman–Crippen LogP) is 0.600. The summed E-state index contributed by atoms with van der Waals surface area (Å²) in [6, 6.07) is 0. The summed E-state index contributed by atoms with van der Waals surface area (Å²) in [5.74, 6) is -2.02. The van der Waals surface area contributed by atoms with Crippen LogP contribution in [0.4, 0.5) is 0 Å². The number of fused-ring (bicyclic) bond motifs is 2. The standard InChI is InChI=1S/C14H16O6/c15-11(20-12-2-1-5-18-12)7-19-14(17)10-6-8-3-4-9(10)13(8)16/h3-4,8-10,12H,1-2,5-7H2. The molecule has 4 atom stereocenters. The van der Waals surface area contributed by atoms with Crippen LogP contribution in [0, 0.1) is 17.8 Å². The molecular formula is C14H16O6. The third-order valence-electron chi connectivity index (χ3n) is 3.97. The number of allylic oxidation sites excluding steroid dienone is 2. The van der Waals surface area contributed by atoms with Gasteiger partial charge in [0.15, 0.2) is 6.61 Å². The normalized spacial score (nSPS) is 34.5. The van der Waals surface area contributed by atoms with Crippen LogP contribution in [-0.4, -0.2) is 37.2 Å². The van der Waals surface area contributed by atoms with Crippen molar-refractivity contribution in [3.63, 3.8) is 0 Å². The van der Waals surface area contributed by atoms with E-state index in [1.807, 2.05) is 6.08 Å². The zero-order chi connectivity index (χ0) is 14.1. The Kier molecular flexibility index (Phi) is 3.56. The van der Waals surface area contributed by atoms with E-state index in [1.54, 1.807) is 6.08 Å². The molecule has 1 heterocycles. The van der Waals surface area contributed by atoms with E-state index in [4.69, 9.17) is 14.2 Å². The van der Waals surface area contributed by atoms with Gasteiger partial charge in [0.05, 0.1) is 12.5 Å². The minimum absolute atomic E-state index is 0.0777. The van der Waals surface area contributed by atoms with Crippen molar-refractivity contribution in [3.8, 4) is 0 Å². The fourth-order valence-corrected chi connectivity index (χ4v) is 2.94. The van der Waals surface area contributed by atoms with Crippen molar-refractivity contribution in [2.45, 2.75) is 25.6 Å². The van der Waals surface area contributed by atoms with Crippen molar-refractivity contribution >= 4 is 17.7 Å². The average molecular weight is 280 g/mol. The summed E-state index contributed by atoms with van der Waals surface area (Å²) >= 11 is 0. The molecule has 2 fully saturated rings. The Bertz CT molecular complexity index is 462. The zero-order valence-electron chi connectivity index (χ0n) is 10.9. The topological polar surface area (TPSA) is 78.9 Å². The van der Waals surface area contributed by atoms with Crippen LogP contribution in [0.3, 0.4) is 0 Å². The average Bonchev–Trinajstić information content (AvgIpc) is 3.14. The number of carbonyl (C=O) groups excluding carboxylic acids is 3. The highest BCUT2D eigenvalue weighted by atomic mass is 16.7. The molecule has 1 saturated carbocycles. The Balaban J connectivity index is 1.44. The maximum Gasteiger partial charge on any atom is 0.346 e. The summed E-state index contributed by atoms with van der Waals surface area (Å²) in [5.41, 5.74) is 0. The van der Waals surface area contributed by atoms with Gasteiger partial charge in [0.1, 0.15) is 5.78 Å². The molecule has 3 aliphatic rings. The van der Waals surface area contributed by atoms with Crippen LogP contribution in [0.15, 0.2) is 12.2 Å². The number of hydrogen-bond acceptors (Lipinski definition) is 6. The molecule has 1 saturated heterocycles. The van der Waals surface area contributed by atoms with E-state index < -0.39 is 30.8 Å². The molecule has 3 rings (SSSR count). The lowest BCUT2D eigenvalue weighted by Gasteiger charge is -2.16. The molecule has 0 aromatic heterocycles. The Hall–Kier alpha value is -1.69. The lowest BCUT2D eigenvalue weighted by atomic mass is 9.94. The van der Waals surface area contributed by atoms with Gasteiger partial charge in [-0.25, -0.2) is 4.79 Å². The number of esters is 2. The van der Waals surface area contributed by atoms with Crippen LogP contribution in [0.1, 0.15) is 19.3 Å². The Morgan fingerprint density at radius 3 is 2.80 bits per heavy atom. The summed E-state index contributed by atoms with van der Waals surface area (Å²) in [6.45, 7) is 0.155. The van der Waals surface area contributed by atoms with E-state index in [1.165, 1.54) is 0 Å². The number of hydrogen-bond donors (Lipinski definition) is 0. The van der Waals surface area contributed by atoms with Crippen molar-refractivity contribution in [2.75, 3.05) is 13.2 Å². The molecule has 108 valence electrons. The highest BCUT2D eigenvalue weighted by Crippen LogP contribution is 2.41. The Morgan fingerprint density at radius 1 is 1.35 bits per heavy atom. The molecule has 2 bridgehead atoms. The van der Waals surface area contributed by atoms with Crippen molar-refractivity contribution in [3.05, 3.63) is 12.2 Å². The van der Waals surface area contributed by atoms with Gasteiger partial charge in [0, 0.05) is 18.3 Å². The first kappa shape index (κ1) is 13.3. The number of carbonyl (C=O) groups is 3. The quantitative estimate of drug-likeness (QED) is 0.554. The molecule has 2 aliphatic carbocycles. The summed E-state index contributed by atoms with van der Waals surface area (Å²) in [5, 5.41) is 0. The lowest BCUT2D eigenvalue weighted by molar-refractivity contribution is -0.179. The van der Waals surface area contributed by atoms with Gasteiger partial charge in [-0.15, -0.1) is 0 Å². The Morgan fingerprint density at radius 2 is 2.20 bits per heavy atom. The summed E-state index contributed by atoms with van der Waals surface area (Å²) in [6.07, 6.45) is 5.09. The van der Waals surface area contributed by atoms with Crippen LogP contribution >= 0.6 is 0 Å². The second-order valence-corrected chi connectivity index (χ2v) is 5.30. The second-order valence-electron chi connectivity index (χ2n) is 5.30. The van der Waals surface area contributed by atoms with E-state index >= 15 is 0 Å². The molecular weight excluding hydrogens is 264 g/mol. The van der Waals surface area contributed by atoms with E-state index in [9.17, 15) is 14.4 Å². The number of ketones is 1. The molecule has 0 aromatic carbocycles. The van der Waals surface area contributed by atoms with E-state index in [0.29, 0.717) is 19.4 Å². The maximum atomic E-state index is 11.9. The molecule has 6 nitrogen and oxygen atoms in total. The SMILES string of the molecule is O=C(COC(=O)C1CC2C=CC1C2=O)OC1CCCO1. The molecule has 0 amide bonds. The van der Waals surface area contributed by atoms with Gasteiger partial charge in [-0.3, -0.25) is 9.59 Å². The second kappa shape index (κ2) is 5.36.